The standard InChI is InChI=1S/C18H25N5O/c24-17-10-13(11-23-8-4-7-21-23)9-16(17)22-18-14-5-2-1-3-6-15(14)19-12-20-18/h4,7-8,12-13,16-17,24H,1-3,5-6,9-11H2,(H,19,20,22)/t13?,16-,17-/m1/s1. The van der Waals surface area contributed by atoms with E-state index in [1.807, 2.05) is 16.9 Å². The molecule has 1 fully saturated rings. The van der Waals surface area contributed by atoms with Gasteiger partial charge in [0.05, 0.1) is 12.1 Å². The van der Waals surface area contributed by atoms with Crippen LogP contribution in [0.25, 0.3) is 0 Å². The molecule has 0 spiro atoms. The fourth-order valence-electron chi connectivity index (χ4n) is 4.09. The normalized spacial score (nSPS) is 26.8. The van der Waals surface area contributed by atoms with Gasteiger partial charge in [-0.2, -0.15) is 5.10 Å². The van der Waals surface area contributed by atoms with Gasteiger partial charge in [0, 0.05) is 30.2 Å². The summed E-state index contributed by atoms with van der Waals surface area (Å²) in [7, 11) is 0. The molecule has 0 radical (unpaired) electrons. The fraction of sp³-hybridized carbons (Fsp3) is 0.611. The van der Waals surface area contributed by atoms with Crippen molar-refractivity contribution in [2.45, 2.75) is 63.6 Å². The van der Waals surface area contributed by atoms with Crippen LogP contribution in [0.4, 0.5) is 5.82 Å². The molecule has 4 rings (SSSR count). The van der Waals surface area contributed by atoms with Crippen LogP contribution in [0.3, 0.4) is 0 Å². The zero-order valence-corrected chi connectivity index (χ0v) is 13.9. The lowest BCUT2D eigenvalue weighted by Crippen LogP contribution is -2.29. The van der Waals surface area contributed by atoms with Gasteiger partial charge in [0.2, 0.25) is 0 Å². The number of fused-ring (bicyclic) bond motifs is 1. The van der Waals surface area contributed by atoms with Gasteiger partial charge >= 0.3 is 0 Å². The summed E-state index contributed by atoms with van der Waals surface area (Å²) in [6, 6.07) is 2.00. The van der Waals surface area contributed by atoms with Crippen LogP contribution in [0.1, 0.15) is 43.4 Å². The molecule has 6 heteroatoms. The topological polar surface area (TPSA) is 75.9 Å². The number of aryl methyl sites for hydroxylation is 1. The van der Waals surface area contributed by atoms with E-state index in [2.05, 4.69) is 20.4 Å². The number of hydrogen-bond donors (Lipinski definition) is 2. The van der Waals surface area contributed by atoms with Gasteiger partial charge in [0.15, 0.2) is 0 Å². The van der Waals surface area contributed by atoms with Crippen LogP contribution in [0, 0.1) is 5.92 Å². The van der Waals surface area contributed by atoms with Crippen molar-refractivity contribution < 1.29 is 5.11 Å². The minimum Gasteiger partial charge on any atom is -0.391 e. The van der Waals surface area contributed by atoms with Crippen molar-refractivity contribution >= 4 is 5.82 Å². The SMILES string of the molecule is O[C@@H]1CC(Cn2cccn2)C[C@H]1Nc1ncnc2c1CCCCC2. The van der Waals surface area contributed by atoms with Gasteiger partial charge < -0.3 is 10.4 Å². The number of aromatic nitrogens is 4. The molecule has 2 heterocycles. The Hall–Kier alpha value is -1.95. The number of nitrogens with one attached hydrogen (secondary N) is 1. The van der Waals surface area contributed by atoms with Crippen LogP contribution in [0.2, 0.25) is 0 Å². The smallest absolute Gasteiger partial charge is 0.133 e. The Bertz CT molecular complexity index is 672. The average molecular weight is 327 g/mol. The molecular weight excluding hydrogens is 302 g/mol. The first-order valence-corrected chi connectivity index (χ1v) is 9.04. The molecule has 0 aromatic carbocycles. The molecule has 2 aromatic rings. The van der Waals surface area contributed by atoms with Crippen molar-refractivity contribution in [2.24, 2.45) is 5.92 Å². The molecule has 0 amide bonds. The lowest BCUT2D eigenvalue weighted by Gasteiger charge is -2.20. The third-order valence-corrected chi connectivity index (χ3v) is 5.33. The van der Waals surface area contributed by atoms with Crippen LogP contribution in [0.5, 0.6) is 0 Å². The Balaban J connectivity index is 1.45. The van der Waals surface area contributed by atoms with Gasteiger partial charge in [-0.3, -0.25) is 4.68 Å². The highest BCUT2D eigenvalue weighted by molar-refractivity contribution is 5.47. The summed E-state index contributed by atoms with van der Waals surface area (Å²) in [5.74, 6) is 1.38. The van der Waals surface area contributed by atoms with Crippen LogP contribution in [-0.4, -0.2) is 37.0 Å². The lowest BCUT2D eigenvalue weighted by atomic mass is 10.1. The summed E-state index contributed by atoms with van der Waals surface area (Å²) in [5, 5.41) is 18.3. The number of aliphatic hydroxyl groups is 1. The highest BCUT2D eigenvalue weighted by atomic mass is 16.3. The van der Waals surface area contributed by atoms with Crippen molar-refractivity contribution in [1.29, 1.82) is 0 Å². The minimum atomic E-state index is -0.332. The molecule has 2 aliphatic rings. The van der Waals surface area contributed by atoms with E-state index in [9.17, 15) is 5.11 Å². The monoisotopic (exact) mass is 327 g/mol. The Morgan fingerprint density at radius 2 is 2.08 bits per heavy atom. The predicted molar refractivity (Wildman–Crippen MR) is 91.7 cm³/mol. The number of anilines is 1. The van der Waals surface area contributed by atoms with Crippen LogP contribution in [0.15, 0.2) is 24.8 Å². The zero-order valence-electron chi connectivity index (χ0n) is 13.9. The van der Waals surface area contributed by atoms with Gasteiger partial charge in [-0.15, -0.1) is 0 Å². The molecule has 6 nitrogen and oxygen atoms in total. The van der Waals surface area contributed by atoms with Gasteiger partial charge in [-0.05, 0) is 50.5 Å². The quantitative estimate of drug-likeness (QED) is 0.842. The maximum absolute atomic E-state index is 10.5. The van der Waals surface area contributed by atoms with Gasteiger partial charge in [-0.25, -0.2) is 9.97 Å². The van der Waals surface area contributed by atoms with Crippen molar-refractivity contribution in [3.8, 4) is 0 Å². The van der Waals surface area contributed by atoms with Gasteiger partial charge in [0.1, 0.15) is 12.1 Å². The van der Waals surface area contributed by atoms with Crippen molar-refractivity contribution in [3.63, 3.8) is 0 Å². The summed E-state index contributed by atoms with van der Waals surface area (Å²) in [6.07, 6.45) is 12.6. The van der Waals surface area contributed by atoms with Gasteiger partial charge in [-0.1, -0.05) is 6.42 Å². The second kappa shape index (κ2) is 6.89. The van der Waals surface area contributed by atoms with E-state index in [0.717, 1.165) is 38.0 Å². The number of rotatable bonds is 4. The van der Waals surface area contributed by atoms with E-state index in [4.69, 9.17) is 0 Å². The largest absolute Gasteiger partial charge is 0.391 e. The van der Waals surface area contributed by atoms with Crippen molar-refractivity contribution in [3.05, 3.63) is 36.0 Å². The molecule has 2 N–H and O–H groups in total. The van der Waals surface area contributed by atoms with E-state index in [0.29, 0.717) is 5.92 Å². The summed E-state index contributed by atoms with van der Waals surface area (Å²) < 4.78 is 1.95. The summed E-state index contributed by atoms with van der Waals surface area (Å²) in [6.45, 7) is 0.865. The van der Waals surface area contributed by atoms with E-state index in [1.54, 1.807) is 12.5 Å². The summed E-state index contributed by atoms with van der Waals surface area (Å²) in [5.41, 5.74) is 2.45. The van der Waals surface area contributed by atoms with Gasteiger partial charge in [0.25, 0.3) is 0 Å². The van der Waals surface area contributed by atoms with E-state index >= 15 is 0 Å². The first-order valence-electron chi connectivity index (χ1n) is 9.04. The first-order chi connectivity index (χ1) is 11.8. The molecule has 2 aliphatic carbocycles. The fourth-order valence-corrected chi connectivity index (χ4v) is 4.09. The maximum atomic E-state index is 10.5. The highest BCUT2D eigenvalue weighted by Crippen LogP contribution is 2.31. The Morgan fingerprint density at radius 1 is 1.17 bits per heavy atom. The second-order valence-corrected chi connectivity index (χ2v) is 7.09. The van der Waals surface area contributed by atoms with Crippen LogP contribution in [-0.2, 0) is 19.4 Å². The third kappa shape index (κ3) is 3.29. The van der Waals surface area contributed by atoms with E-state index < -0.39 is 0 Å². The molecule has 24 heavy (non-hydrogen) atoms. The van der Waals surface area contributed by atoms with E-state index in [1.165, 1.54) is 30.5 Å². The van der Waals surface area contributed by atoms with Crippen molar-refractivity contribution in [2.75, 3.05) is 5.32 Å². The molecular formula is C18H25N5O. The minimum absolute atomic E-state index is 0.0628. The van der Waals surface area contributed by atoms with E-state index in [-0.39, 0.29) is 12.1 Å². The maximum Gasteiger partial charge on any atom is 0.133 e. The number of nitrogens with zero attached hydrogens (tertiary/aromatic N) is 4. The number of aliphatic hydroxyl groups excluding tert-OH is 1. The van der Waals surface area contributed by atoms with Crippen molar-refractivity contribution in [1.82, 2.24) is 19.7 Å². The zero-order chi connectivity index (χ0) is 16.4. The summed E-state index contributed by atoms with van der Waals surface area (Å²) >= 11 is 0. The molecule has 128 valence electrons. The Labute approximate surface area is 142 Å². The molecule has 0 saturated heterocycles. The molecule has 2 aromatic heterocycles. The Kier molecular flexibility index (Phi) is 4.47. The summed E-state index contributed by atoms with van der Waals surface area (Å²) in [4.78, 5) is 8.95. The predicted octanol–water partition coefficient (Wildman–Crippen LogP) is 2.19. The molecule has 1 saturated carbocycles. The lowest BCUT2D eigenvalue weighted by molar-refractivity contribution is 0.165. The molecule has 3 atom stereocenters. The third-order valence-electron chi connectivity index (χ3n) is 5.33. The number of hydrogen-bond acceptors (Lipinski definition) is 5. The first kappa shape index (κ1) is 15.6. The average Bonchev–Trinajstić information content (AvgIpc) is 3.12. The molecule has 0 bridgehead atoms. The van der Waals surface area contributed by atoms with Crippen LogP contribution >= 0.6 is 0 Å². The second-order valence-electron chi connectivity index (χ2n) is 7.09. The van der Waals surface area contributed by atoms with Crippen LogP contribution < -0.4 is 5.32 Å². The molecule has 1 unspecified atom stereocenters. The highest BCUT2D eigenvalue weighted by Gasteiger charge is 2.34. The Morgan fingerprint density at radius 3 is 2.96 bits per heavy atom. The molecule has 0 aliphatic heterocycles.